The number of amides is 1. The second-order valence-electron chi connectivity index (χ2n) is 7.53. The maximum atomic E-state index is 12.7. The first-order valence-electron chi connectivity index (χ1n) is 10.4. The summed E-state index contributed by atoms with van der Waals surface area (Å²) < 4.78 is 31.9. The average molecular weight is 456 g/mol. The highest BCUT2D eigenvalue weighted by Crippen LogP contribution is 2.21. The fourth-order valence-electron chi connectivity index (χ4n) is 3.39. The van der Waals surface area contributed by atoms with E-state index in [1.165, 1.54) is 16.4 Å². The number of carbonyl (C=O) groups excluding carboxylic acids is 2. The molecule has 0 aromatic heterocycles. The molecule has 1 aliphatic heterocycles. The standard InChI is InChI=1S/C23H25N3O5S/c24-13-12-18-4-8-20(9-5-18)25-22(27)17-31-23(28)16-19-6-10-21(11-7-19)32(29,30)26-14-2-1-3-15-26/h4-11H,1-3,12,14-17H2,(H,25,27). The summed E-state index contributed by atoms with van der Waals surface area (Å²) in [5.74, 6) is -1.06. The highest BCUT2D eigenvalue weighted by Gasteiger charge is 2.25. The number of benzene rings is 2. The molecule has 1 heterocycles. The van der Waals surface area contributed by atoms with E-state index in [1.54, 1.807) is 36.4 Å². The topological polar surface area (TPSA) is 117 Å². The second-order valence-corrected chi connectivity index (χ2v) is 9.46. The minimum atomic E-state index is -3.52. The number of esters is 1. The van der Waals surface area contributed by atoms with Crippen LogP contribution in [0.1, 0.15) is 30.4 Å². The molecule has 0 aliphatic carbocycles. The molecule has 0 spiro atoms. The third kappa shape index (κ3) is 6.39. The molecule has 0 saturated carbocycles. The molecule has 3 rings (SSSR count). The van der Waals surface area contributed by atoms with Crippen LogP contribution in [0.5, 0.6) is 0 Å². The zero-order valence-electron chi connectivity index (χ0n) is 17.6. The summed E-state index contributed by atoms with van der Waals surface area (Å²) >= 11 is 0. The van der Waals surface area contributed by atoms with E-state index >= 15 is 0 Å². The van der Waals surface area contributed by atoms with Gasteiger partial charge in [0.15, 0.2) is 6.61 Å². The Labute approximate surface area is 187 Å². The smallest absolute Gasteiger partial charge is 0.310 e. The van der Waals surface area contributed by atoms with Crippen molar-refractivity contribution in [1.82, 2.24) is 4.31 Å². The first kappa shape index (κ1) is 23.4. The number of carbonyl (C=O) groups is 2. The number of nitrogens with one attached hydrogen (secondary N) is 1. The molecule has 168 valence electrons. The monoisotopic (exact) mass is 455 g/mol. The fraction of sp³-hybridized carbons (Fsp3) is 0.348. The fourth-order valence-corrected chi connectivity index (χ4v) is 4.91. The molecule has 32 heavy (non-hydrogen) atoms. The molecule has 2 aromatic carbocycles. The minimum absolute atomic E-state index is 0.0693. The number of nitrogens with zero attached hydrogens (tertiary/aromatic N) is 2. The summed E-state index contributed by atoms with van der Waals surface area (Å²) in [5.41, 5.74) is 1.98. The van der Waals surface area contributed by atoms with E-state index in [-0.39, 0.29) is 17.7 Å². The Balaban J connectivity index is 1.47. The van der Waals surface area contributed by atoms with Crippen molar-refractivity contribution in [3.63, 3.8) is 0 Å². The van der Waals surface area contributed by atoms with Crippen LogP contribution < -0.4 is 5.32 Å². The molecule has 8 nitrogen and oxygen atoms in total. The highest BCUT2D eigenvalue weighted by molar-refractivity contribution is 7.89. The van der Waals surface area contributed by atoms with E-state index in [9.17, 15) is 18.0 Å². The molecule has 0 bridgehead atoms. The average Bonchev–Trinajstić information content (AvgIpc) is 2.80. The Morgan fingerprint density at radius 2 is 1.59 bits per heavy atom. The molecular weight excluding hydrogens is 430 g/mol. The molecule has 1 amide bonds. The Morgan fingerprint density at radius 1 is 0.969 bits per heavy atom. The third-order valence-electron chi connectivity index (χ3n) is 5.11. The Bertz CT molecular complexity index is 1080. The van der Waals surface area contributed by atoms with Crippen molar-refractivity contribution in [3.05, 3.63) is 59.7 Å². The minimum Gasteiger partial charge on any atom is -0.455 e. The van der Waals surface area contributed by atoms with Gasteiger partial charge in [0.05, 0.1) is 23.8 Å². The van der Waals surface area contributed by atoms with Crippen LogP contribution in [0.15, 0.2) is 53.4 Å². The summed E-state index contributed by atoms with van der Waals surface area (Å²) in [6, 6.07) is 15.0. The second kappa shape index (κ2) is 10.9. The van der Waals surface area contributed by atoms with Gasteiger partial charge >= 0.3 is 5.97 Å². The van der Waals surface area contributed by atoms with Gasteiger partial charge in [-0.3, -0.25) is 9.59 Å². The molecule has 0 unspecified atom stereocenters. The van der Waals surface area contributed by atoms with Crippen LogP contribution in [0.4, 0.5) is 5.69 Å². The van der Waals surface area contributed by atoms with E-state index in [1.807, 2.05) is 6.07 Å². The maximum Gasteiger partial charge on any atom is 0.310 e. The van der Waals surface area contributed by atoms with Crippen LogP contribution in [0.2, 0.25) is 0 Å². The van der Waals surface area contributed by atoms with Gasteiger partial charge in [0.25, 0.3) is 5.91 Å². The van der Waals surface area contributed by atoms with Gasteiger partial charge in [0.2, 0.25) is 10.0 Å². The Morgan fingerprint density at radius 3 is 2.22 bits per heavy atom. The van der Waals surface area contributed by atoms with Gasteiger partial charge in [-0.25, -0.2) is 8.42 Å². The predicted octanol–water partition coefficient (Wildman–Crippen LogP) is 2.65. The predicted molar refractivity (Wildman–Crippen MR) is 118 cm³/mol. The largest absolute Gasteiger partial charge is 0.455 e. The maximum absolute atomic E-state index is 12.7. The lowest BCUT2D eigenvalue weighted by molar-refractivity contribution is -0.146. The van der Waals surface area contributed by atoms with Crippen LogP contribution in [0, 0.1) is 11.3 Å². The molecule has 0 radical (unpaired) electrons. The summed E-state index contributed by atoms with van der Waals surface area (Å²) in [6.45, 7) is 0.630. The van der Waals surface area contributed by atoms with Gasteiger partial charge in [0.1, 0.15) is 0 Å². The van der Waals surface area contributed by atoms with Gasteiger partial charge in [-0.05, 0) is 48.2 Å². The quantitative estimate of drug-likeness (QED) is 0.612. The van der Waals surface area contributed by atoms with Gasteiger partial charge < -0.3 is 10.1 Å². The lowest BCUT2D eigenvalue weighted by Crippen LogP contribution is -2.35. The molecular formula is C23H25N3O5S. The molecule has 1 saturated heterocycles. The first-order valence-corrected chi connectivity index (χ1v) is 11.8. The van der Waals surface area contributed by atoms with E-state index in [0.29, 0.717) is 24.3 Å². The van der Waals surface area contributed by atoms with E-state index in [0.717, 1.165) is 24.8 Å². The van der Waals surface area contributed by atoms with Gasteiger partial charge in [-0.1, -0.05) is 30.7 Å². The van der Waals surface area contributed by atoms with Gasteiger partial charge in [0, 0.05) is 18.8 Å². The lowest BCUT2D eigenvalue weighted by Gasteiger charge is -2.25. The van der Waals surface area contributed by atoms with Gasteiger partial charge in [-0.15, -0.1) is 0 Å². The van der Waals surface area contributed by atoms with Gasteiger partial charge in [-0.2, -0.15) is 9.57 Å². The van der Waals surface area contributed by atoms with E-state index in [2.05, 4.69) is 5.32 Å². The van der Waals surface area contributed by atoms with Crippen molar-refractivity contribution in [2.75, 3.05) is 25.0 Å². The number of ether oxygens (including phenoxy) is 1. The number of anilines is 1. The van der Waals surface area contributed by atoms with Crippen LogP contribution in [-0.4, -0.2) is 44.3 Å². The molecule has 1 fully saturated rings. The molecule has 0 atom stereocenters. The molecule has 2 aromatic rings. The van der Waals surface area contributed by atoms with Crippen molar-refractivity contribution in [2.45, 2.75) is 37.0 Å². The third-order valence-corrected chi connectivity index (χ3v) is 7.02. The number of nitriles is 1. The van der Waals surface area contributed by atoms with Crippen molar-refractivity contribution in [3.8, 4) is 6.07 Å². The SMILES string of the molecule is N#CCc1ccc(NC(=O)COC(=O)Cc2ccc(S(=O)(=O)N3CCCCC3)cc2)cc1. The summed E-state index contributed by atoms with van der Waals surface area (Å²) in [4.78, 5) is 24.2. The zero-order chi connectivity index (χ0) is 23.0. The summed E-state index contributed by atoms with van der Waals surface area (Å²) in [7, 11) is -3.52. The first-order chi connectivity index (χ1) is 15.4. The number of sulfonamides is 1. The Hall–Kier alpha value is -3.22. The van der Waals surface area contributed by atoms with Crippen LogP contribution in [0.3, 0.4) is 0 Å². The molecule has 1 N–H and O–H groups in total. The van der Waals surface area contributed by atoms with Crippen molar-refractivity contribution in [2.24, 2.45) is 0 Å². The molecule has 1 aliphatic rings. The van der Waals surface area contributed by atoms with Crippen molar-refractivity contribution in [1.29, 1.82) is 5.26 Å². The Kier molecular flexibility index (Phi) is 7.98. The van der Waals surface area contributed by atoms with Crippen molar-refractivity contribution < 1.29 is 22.7 Å². The number of rotatable bonds is 8. The number of hydrogen-bond acceptors (Lipinski definition) is 6. The van der Waals surface area contributed by atoms with E-state index < -0.39 is 28.5 Å². The highest BCUT2D eigenvalue weighted by atomic mass is 32.2. The van der Waals surface area contributed by atoms with Crippen LogP contribution >= 0.6 is 0 Å². The van der Waals surface area contributed by atoms with E-state index in [4.69, 9.17) is 10.00 Å². The normalized spacial score (nSPS) is 14.3. The molecule has 9 heteroatoms. The summed E-state index contributed by atoms with van der Waals surface area (Å²) in [6.07, 6.45) is 2.99. The zero-order valence-corrected chi connectivity index (χ0v) is 18.4. The van der Waals surface area contributed by atoms with Crippen molar-refractivity contribution >= 4 is 27.6 Å². The summed E-state index contributed by atoms with van der Waals surface area (Å²) in [5, 5.41) is 11.3. The number of piperidine rings is 1. The van der Waals surface area contributed by atoms with Crippen LogP contribution in [-0.2, 0) is 37.2 Å². The lowest BCUT2D eigenvalue weighted by atomic mass is 10.1. The number of hydrogen-bond donors (Lipinski definition) is 1. The van der Waals surface area contributed by atoms with Crippen LogP contribution in [0.25, 0.3) is 0 Å².